The van der Waals surface area contributed by atoms with Crippen LogP contribution in [0, 0.1) is 5.82 Å². The lowest BCUT2D eigenvalue weighted by molar-refractivity contribution is 0.0566. The van der Waals surface area contributed by atoms with E-state index in [1.165, 1.54) is 18.9 Å². The molecule has 4 nitrogen and oxygen atoms in total. The number of aromatic nitrogens is 2. The number of aromatic hydroxyl groups is 1. The molecule has 0 spiro atoms. The van der Waals surface area contributed by atoms with Gasteiger partial charge in [0.15, 0.2) is 5.82 Å². The highest BCUT2D eigenvalue weighted by Crippen LogP contribution is 2.24. The predicted molar refractivity (Wildman–Crippen MR) is 132 cm³/mol. The van der Waals surface area contributed by atoms with Gasteiger partial charge in [0.2, 0.25) is 0 Å². The molecule has 0 aliphatic rings. The number of halogens is 1. The molecule has 33 heavy (non-hydrogen) atoms. The summed E-state index contributed by atoms with van der Waals surface area (Å²) in [7, 11) is 0. The molecular weight excluding hydrogens is 415 g/mol. The minimum atomic E-state index is -0.344. The summed E-state index contributed by atoms with van der Waals surface area (Å²) < 4.78 is 20.5. The molecule has 1 aromatic heterocycles. The van der Waals surface area contributed by atoms with Crippen molar-refractivity contribution in [2.75, 3.05) is 6.61 Å². The molecule has 1 atom stereocenters. The summed E-state index contributed by atoms with van der Waals surface area (Å²) in [5.41, 5.74) is 2.89. The van der Waals surface area contributed by atoms with Crippen LogP contribution in [0.1, 0.15) is 57.9 Å². The van der Waals surface area contributed by atoms with Crippen molar-refractivity contribution >= 4 is 6.08 Å². The van der Waals surface area contributed by atoms with Crippen molar-refractivity contribution in [1.82, 2.24) is 9.97 Å². The Bertz CT molecular complexity index is 1020. The minimum Gasteiger partial charge on any atom is -0.508 e. The smallest absolute Gasteiger partial charge is 0.162 e. The summed E-state index contributed by atoms with van der Waals surface area (Å²) >= 11 is 0. The highest BCUT2D eigenvalue weighted by Gasteiger charge is 2.09. The number of nitrogens with zero attached hydrogens (tertiary/aromatic N) is 2. The molecule has 5 heteroatoms. The molecular formula is C28H33FN2O2. The molecule has 174 valence electrons. The van der Waals surface area contributed by atoms with Crippen LogP contribution in [0.3, 0.4) is 0 Å². The van der Waals surface area contributed by atoms with E-state index in [1.54, 1.807) is 42.7 Å². The summed E-state index contributed by atoms with van der Waals surface area (Å²) in [4.78, 5) is 8.66. The maximum atomic E-state index is 14.7. The molecule has 0 amide bonds. The van der Waals surface area contributed by atoms with Gasteiger partial charge in [-0.05, 0) is 68.0 Å². The Morgan fingerprint density at radius 1 is 1.00 bits per heavy atom. The van der Waals surface area contributed by atoms with E-state index >= 15 is 0 Å². The molecule has 0 fully saturated rings. The fraction of sp³-hybridized carbons (Fsp3) is 0.357. The topological polar surface area (TPSA) is 55.2 Å². The summed E-state index contributed by atoms with van der Waals surface area (Å²) in [5.74, 6) is 0.205. The quantitative estimate of drug-likeness (QED) is 0.293. The van der Waals surface area contributed by atoms with Crippen molar-refractivity contribution in [1.29, 1.82) is 0 Å². The average molecular weight is 449 g/mol. The van der Waals surface area contributed by atoms with Gasteiger partial charge in [-0.2, -0.15) is 0 Å². The van der Waals surface area contributed by atoms with Crippen molar-refractivity contribution in [3.05, 3.63) is 72.3 Å². The van der Waals surface area contributed by atoms with Gasteiger partial charge in [0, 0.05) is 24.6 Å². The fourth-order valence-corrected chi connectivity index (χ4v) is 3.55. The van der Waals surface area contributed by atoms with Gasteiger partial charge in [-0.3, -0.25) is 0 Å². The van der Waals surface area contributed by atoms with E-state index in [4.69, 9.17) is 4.74 Å². The highest BCUT2D eigenvalue weighted by molar-refractivity contribution is 5.65. The highest BCUT2D eigenvalue weighted by atomic mass is 19.1. The zero-order chi connectivity index (χ0) is 23.5. The third kappa shape index (κ3) is 7.79. The van der Waals surface area contributed by atoms with Gasteiger partial charge in [-0.1, -0.05) is 50.1 Å². The summed E-state index contributed by atoms with van der Waals surface area (Å²) in [6, 6.07) is 11.9. The van der Waals surface area contributed by atoms with Gasteiger partial charge in [-0.25, -0.2) is 14.4 Å². The Morgan fingerprint density at radius 3 is 2.45 bits per heavy atom. The second kappa shape index (κ2) is 12.9. The van der Waals surface area contributed by atoms with Crippen LogP contribution in [0.25, 0.3) is 28.6 Å². The van der Waals surface area contributed by atoms with E-state index in [0.717, 1.165) is 49.0 Å². The van der Waals surface area contributed by atoms with Crippen LogP contribution in [0.2, 0.25) is 0 Å². The van der Waals surface area contributed by atoms with Crippen molar-refractivity contribution in [3.63, 3.8) is 0 Å². The van der Waals surface area contributed by atoms with E-state index in [9.17, 15) is 9.50 Å². The molecule has 1 heterocycles. The Hall–Kier alpha value is -3.05. The van der Waals surface area contributed by atoms with E-state index < -0.39 is 0 Å². The summed E-state index contributed by atoms with van der Waals surface area (Å²) in [5, 5.41) is 9.41. The van der Waals surface area contributed by atoms with Gasteiger partial charge < -0.3 is 9.84 Å². The molecule has 1 unspecified atom stereocenters. The van der Waals surface area contributed by atoms with Crippen LogP contribution in [0.15, 0.2) is 60.9 Å². The van der Waals surface area contributed by atoms with Gasteiger partial charge in [0.05, 0.1) is 11.7 Å². The molecule has 1 N–H and O–H groups in total. The SMILES string of the molecule is CCCCCOC(C)CCCC=Cc1ccc(-c2ncc(-c3ccc(O)cc3)cn2)c(F)c1. The Morgan fingerprint density at radius 2 is 1.76 bits per heavy atom. The maximum absolute atomic E-state index is 14.7. The number of hydrogen-bond donors (Lipinski definition) is 1. The zero-order valence-corrected chi connectivity index (χ0v) is 19.5. The van der Waals surface area contributed by atoms with E-state index in [-0.39, 0.29) is 17.7 Å². The molecule has 0 aliphatic carbocycles. The Balaban J connectivity index is 1.51. The largest absolute Gasteiger partial charge is 0.508 e. The molecule has 0 bridgehead atoms. The lowest BCUT2D eigenvalue weighted by atomic mass is 10.1. The number of rotatable bonds is 12. The van der Waals surface area contributed by atoms with Crippen molar-refractivity contribution < 1.29 is 14.2 Å². The Kier molecular flexibility index (Phi) is 9.58. The lowest BCUT2D eigenvalue weighted by Crippen LogP contribution is -2.08. The van der Waals surface area contributed by atoms with Gasteiger partial charge >= 0.3 is 0 Å². The van der Waals surface area contributed by atoms with Crippen LogP contribution in [-0.4, -0.2) is 27.8 Å². The Labute approximate surface area is 196 Å². The van der Waals surface area contributed by atoms with Crippen LogP contribution < -0.4 is 0 Å². The number of phenols is 1. The van der Waals surface area contributed by atoms with Crippen LogP contribution >= 0.6 is 0 Å². The first-order valence-corrected chi connectivity index (χ1v) is 11.8. The molecule has 0 saturated heterocycles. The van der Waals surface area contributed by atoms with Gasteiger partial charge in [0.1, 0.15) is 11.6 Å². The number of allylic oxidation sites excluding steroid dienone is 1. The number of phenolic OH excluding ortho intramolecular Hbond substituents is 1. The first-order chi connectivity index (χ1) is 16.1. The van der Waals surface area contributed by atoms with E-state index in [1.807, 2.05) is 12.1 Å². The standard InChI is InChI=1S/C28H33FN2O2/c1-3-4-8-17-33-21(2)9-6-5-7-10-22-11-16-26(27(29)18-22)28-30-19-24(20-31-28)23-12-14-25(32)15-13-23/h7,10-16,18-21,32H,3-6,8-9,17H2,1-2H3. The first kappa shape index (κ1) is 24.6. The van der Waals surface area contributed by atoms with E-state index in [0.29, 0.717) is 11.4 Å². The molecule has 0 saturated carbocycles. The third-order valence-corrected chi connectivity index (χ3v) is 5.53. The monoisotopic (exact) mass is 448 g/mol. The second-order valence-electron chi connectivity index (χ2n) is 8.30. The minimum absolute atomic E-state index is 0.203. The van der Waals surface area contributed by atoms with Crippen molar-refractivity contribution in [2.45, 2.75) is 58.5 Å². The van der Waals surface area contributed by atoms with E-state index in [2.05, 4.69) is 29.9 Å². The normalized spacial score (nSPS) is 12.3. The van der Waals surface area contributed by atoms with Crippen LogP contribution in [0.4, 0.5) is 4.39 Å². The number of benzene rings is 2. The molecule has 2 aromatic carbocycles. The van der Waals surface area contributed by atoms with Gasteiger partial charge in [0.25, 0.3) is 0 Å². The first-order valence-electron chi connectivity index (χ1n) is 11.8. The van der Waals surface area contributed by atoms with Crippen LogP contribution in [-0.2, 0) is 4.74 Å². The molecule has 0 radical (unpaired) electrons. The number of hydrogen-bond acceptors (Lipinski definition) is 4. The molecule has 3 rings (SSSR count). The third-order valence-electron chi connectivity index (χ3n) is 5.53. The molecule has 3 aromatic rings. The lowest BCUT2D eigenvalue weighted by Gasteiger charge is -2.12. The van der Waals surface area contributed by atoms with Gasteiger partial charge in [-0.15, -0.1) is 0 Å². The number of unbranched alkanes of at least 4 members (excludes halogenated alkanes) is 3. The zero-order valence-electron chi connectivity index (χ0n) is 19.5. The number of ether oxygens (including phenoxy) is 1. The molecule has 0 aliphatic heterocycles. The van der Waals surface area contributed by atoms with Crippen LogP contribution in [0.5, 0.6) is 5.75 Å². The summed E-state index contributed by atoms with van der Waals surface area (Å²) in [6.07, 6.45) is 14.2. The van der Waals surface area contributed by atoms with Crippen molar-refractivity contribution in [3.8, 4) is 28.3 Å². The average Bonchev–Trinajstić information content (AvgIpc) is 2.82. The fourth-order valence-electron chi connectivity index (χ4n) is 3.55. The summed E-state index contributed by atoms with van der Waals surface area (Å²) in [6.45, 7) is 5.17. The predicted octanol–water partition coefficient (Wildman–Crippen LogP) is 7.43. The van der Waals surface area contributed by atoms with Crippen molar-refractivity contribution in [2.24, 2.45) is 0 Å². The second-order valence-corrected chi connectivity index (χ2v) is 8.30. The maximum Gasteiger partial charge on any atom is 0.162 e.